The van der Waals surface area contributed by atoms with Gasteiger partial charge in [-0.2, -0.15) is 0 Å². The van der Waals surface area contributed by atoms with Gasteiger partial charge < -0.3 is 14.7 Å². The van der Waals surface area contributed by atoms with E-state index < -0.39 is 22.9 Å². The summed E-state index contributed by atoms with van der Waals surface area (Å²) in [6.45, 7) is 0. The highest BCUT2D eigenvalue weighted by Gasteiger charge is 2.12. The van der Waals surface area contributed by atoms with Crippen LogP contribution in [0.2, 0.25) is 0 Å². The van der Waals surface area contributed by atoms with Gasteiger partial charge >= 0.3 is 17.1 Å². The number of hydrogen-bond acceptors (Lipinski definition) is 5. The van der Waals surface area contributed by atoms with Crippen LogP contribution >= 0.6 is 0 Å². The smallest absolute Gasteiger partial charge is 0.314 e. The van der Waals surface area contributed by atoms with Crippen molar-refractivity contribution >= 4 is 22.8 Å². The maximum absolute atomic E-state index is 11.7. The number of carbonyl (C=O) groups is 2. The van der Waals surface area contributed by atoms with Crippen LogP contribution in [0.5, 0.6) is 0 Å². The molecule has 0 aliphatic rings. The summed E-state index contributed by atoms with van der Waals surface area (Å²) >= 11 is 0. The normalized spacial score (nSPS) is 10.4. The molecule has 1 aromatic heterocycles. The minimum Gasteiger partial charge on any atom is -0.469 e. The van der Waals surface area contributed by atoms with Crippen LogP contribution in [0.3, 0.4) is 0 Å². The number of H-pyrrole nitrogens is 2. The Morgan fingerprint density at radius 3 is 2.37 bits per heavy atom. The Kier molecular flexibility index (Phi) is 3.28. The van der Waals surface area contributed by atoms with Crippen molar-refractivity contribution in [1.29, 1.82) is 0 Å². The number of methoxy groups -OCH3 is 1. The van der Waals surface area contributed by atoms with Gasteiger partial charge in [0.15, 0.2) is 5.78 Å². The topological polar surface area (TPSA) is 109 Å². The van der Waals surface area contributed by atoms with Crippen LogP contribution < -0.4 is 11.1 Å². The highest BCUT2D eigenvalue weighted by atomic mass is 16.5. The van der Waals surface area contributed by atoms with Crippen LogP contribution in [0.1, 0.15) is 16.8 Å². The Morgan fingerprint density at radius 2 is 1.74 bits per heavy atom. The number of hydrogen-bond donors (Lipinski definition) is 2. The van der Waals surface area contributed by atoms with Crippen LogP contribution in [-0.2, 0) is 9.53 Å². The molecule has 0 atom stereocenters. The molecule has 0 saturated carbocycles. The Labute approximate surface area is 106 Å². The molecule has 19 heavy (non-hydrogen) atoms. The third kappa shape index (κ3) is 2.59. The number of carbonyl (C=O) groups excluding carboxylic acids is 2. The minimum atomic E-state index is -0.801. The number of ether oxygens (including phenoxy) is 1. The second-order valence-corrected chi connectivity index (χ2v) is 3.84. The maximum Gasteiger partial charge on any atom is 0.314 e. The molecule has 7 nitrogen and oxygen atoms in total. The fourth-order valence-electron chi connectivity index (χ4n) is 1.59. The fraction of sp³-hybridized carbons (Fsp3) is 0.167. The van der Waals surface area contributed by atoms with Crippen LogP contribution in [-0.4, -0.2) is 28.8 Å². The first kappa shape index (κ1) is 12.7. The minimum absolute atomic E-state index is 0.251. The Balaban J connectivity index is 2.44. The number of fused-ring (bicyclic) bond motifs is 1. The fourth-order valence-corrected chi connectivity index (χ4v) is 1.59. The van der Waals surface area contributed by atoms with Crippen molar-refractivity contribution in [1.82, 2.24) is 9.97 Å². The first-order valence-electron chi connectivity index (χ1n) is 5.37. The van der Waals surface area contributed by atoms with Gasteiger partial charge in [0.1, 0.15) is 6.42 Å². The molecule has 0 saturated heterocycles. The van der Waals surface area contributed by atoms with Gasteiger partial charge in [0.25, 0.3) is 0 Å². The third-order valence-corrected chi connectivity index (χ3v) is 2.58. The zero-order chi connectivity index (χ0) is 14.0. The monoisotopic (exact) mass is 262 g/mol. The van der Waals surface area contributed by atoms with Crippen molar-refractivity contribution in [3.05, 3.63) is 44.5 Å². The summed E-state index contributed by atoms with van der Waals surface area (Å²) in [6.07, 6.45) is -0.379. The zero-order valence-electron chi connectivity index (χ0n) is 9.98. The zero-order valence-corrected chi connectivity index (χ0v) is 9.98. The molecular formula is C12H10N2O5. The summed E-state index contributed by atoms with van der Waals surface area (Å²) in [5.41, 5.74) is -0.591. The highest BCUT2D eigenvalue weighted by molar-refractivity contribution is 6.07. The molecule has 0 fully saturated rings. The van der Waals surface area contributed by atoms with Gasteiger partial charge in [0.05, 0.1) is 18.1 Å². The molecule has 0 aliphatic carbocycles. The van der Waals surface area contributed by atoms with Crippen LogP contribution in [0.15, 0.2) is 27.8 Å². The van der Waals surface area contributed by atoms with Crippen molar-refractivity contribution in [3.63, 3.8) is 0 Å². The van der Waals surface area contributed by atoms with Crippen molar-refractivity contribution < 1.29 is 14.3 Å². The predicted molar refractivity (Wildman–Crippen MR) is 66.2 cm³/mol. The first-order chi connectivity index (χ1) is 9.01. The number of aromatic amines is 2. The summed E-state index contributed by atoms with van der Waals surface area (Å²) in [6, 6.07) is 4.34. The number of rotatable bonds is 3. The Hall–Kier alpha value is -2.70. The molecule has 1 heterocycles. The quantitative estimate of drug-likeness (QED) is 0.349. The van der Waals surface area contributed by atoms with E-state index in [0.717, 1.165) is 0 Å². The van der Waals surface area contributed by atoms with Gasteiger partial charge in [-0.1, -0.05) is 0 Å². The molecule has 7 heteroatoms. The Morgan fingerprint density at radius 1 is 1.11 bits per heavy atom. The van der Waals surface area contributed by atoms with Gasteiger partial charge in [0, 0.05) is 5.56 Å². The van der Waals surface area contributed by atoms with Crippen LogP contribution in [0.25, 0.3) is 11.0 Å². The van der Waals surface area contributed by atoms with Crippen molar-refractivity contribution in [2.45, 2.75) is 6.42 Å². The largest absolute Gasteiger partial charge is 0.469 e. The van der Waals surface area contributed by atoms with E-state index in [1.807, 2.05) is 0 Å². The number of esters is 1. The number of benzene rings is 1. The van der Waals surface area contributed by atoms with E-state index in [-0.39, 0.29) is 12.0 Å². The lowest BCUT2D eigenvalue weighted by atomic mass is 10.1. The maximum atomic E-state index is 11.7. The van der Waals surface area contributed by atoms with Gasteiger partial charge in [-0.05, 0) is 18.2 Å². The second kappa shape index (κ2) is 4.89. The number of aromatic nitrogens is 2. The number of ketones is 1. The lowest BCUT2D eigenvalue weighted by Gasteiger charge is -2.02. The van der Waals surface area contributed by atoms with Gasteiger partial charge in [-0.3, -0.25) is 19.2 Å². The summed E-state index contributed by atoms with van der Waals surface area (Å²) in [5, 5.41) is 0. The predicted octanol–water partition coefficient (Wildman–Crippen LogP) is -0.0378. The Bertz CT molecular complexity index is 772. The molecule has 98 valence electrons. The summed E-state index contributed by atoms with van der Waals surface area (Å²) in [5.74, 6) is -1.07. The van der Waals surface area contributed by atoms with Gasteiger partial charge in [-0.15, -0.1) is 0 Å². The van der Waals surface area contributed by atoms with E-state index in [1.165, 1.54) is 25.3 Å². The molecule has 0 bridgehead atoms. The number of nitrogens with one attached hydrogen (secondary N) is 2. The second-order valence-electron chi connectivity index (χ2n) is 3.84. The molecule has 0 unspecified atom stereocenters. The van der Waals surface area contributed by atoms with E-state index in [2.05, 4.69) is 14.7 Å². The molecule has 0 spiro atoms. The molecule has 2 rings (SSSR count). The average Bonchev–Trinajstić information content (AvgIpc) is 2.39. The standard InChI is InChI=1S/C12H10N2O5/c1-19-10(16)5-9(15)6-2-3-7-8(4-6)14-12(18)11(17)13-7/h2-4H,5H2,1H3,(H,13,17)(H,14,18). The van der Waals surface area contributed by atoms with Crippen LogP contribution in [0.4, 0.5) is 0 Å². The molecule has 2 aromatic rings. The van der Waals surface area contributed by atoms with Crippen molar-refractivity contribution in [2.24, 2.45) is 0 Å². The number of Topliss-reactive ketones (excluding diaryl/α,β-unsaturated/α-hetero) is 1. The highest BCUT2D eigenvalue weighted by Crippen LogP contribution is 2.11. The molecule has 2 N–H and O–H groups in total. The van der Waals surface area contributed by atoms with Crippen LogP contribution in [0, 0.1) is 0 Å². The summed E-state index contributed by atoms with van der Waals surface area (Å²) < 4.78 is 4.40. The van der Waals surface area contributed by atoms with E-state index in [9.17, 15) is 19.2 Å². The van der Waals surface area contributed by atoms with E-state index in [0.29, 0.717) is 11.0 Å². The average molecular weight is 262 g/mol. The van der Waals surface area contributed by atoms with Crippen molar-refractivity contribution in [3.8, 4) is 0 Å². The SMILES string of the molecule is COC(=O)CC(=O)c1ccc2[nH]c(=O)c(=O)[nH]c2c1. The molecule has 1 aromatic carbocycles. The third-order valence-electron chi connectivity index (χ3n) is 2.58. The molecular weight excluding hydrogens is 252 g/mol. The van der Waals surface area contributed by atoms with Gasteiger partial charge in [-0.25, -0.2) is 0 Å². The first-order valence-corrected chi connectivity index (χ1v) is 5.37. The lowest BCUT2D eigenvalue weighted by Crippen LogP contribution is -2.28. The van der Waals surface area contributed by atoms with Crippen molar-refractivity contribution in [2.75, 3.05) is 7.11 Å². The van der Waals surface area contributed by atoms with E-state index >= 15 is 0 Å². The summed E-state index contributed by atoms with van der Waals surface area (Å²) in [7, 11) is 1.19. The lowest BCUT2D eigenvalue weighted by molar-refractivity contribution is -0.139. The molecule has 0 aliphatic heterocycles. The molecule has 0 amide bonds. The van der Waals surface area contributed by atoms with E-state index in [4.69, 9.17) is 0 Å². The van der Waals surface area contributed by atoms with E-state index in [1.54, 1.807) is 0 Å². The molecule has 0 radical (unpaired) electrons. The van der Waals surface area contributed by atoms with Gasteiger partial charge in [0.2, 0.25) is 0 Å². The summed E-state index contributed by atoms with van der Waals surface area (Å²) in [4.78, 5) is 49.8.